The van der Waals surface area contributed by atoms with Crippen molar-refractivity contribution in [2.75, 3.05) is 0 Å². The normalized spacial score (nSPS) is 15.0. The summed E-state index contributed by atoms with van der Waals surface area (Å²) in [6.45, 7) is 0. The summed E-state index contributed by atoms with van der Waals surface area (Å²) >= 11 is 0. The van der Waals surface area contributed by atoms with Crippen molar-refractivity contribution in [2.45, 2.75) is 12.8 Å². The molecule has 0 bridgehead atoms. The van der Waals surface area contributed by atoms with Crippen LogP contribution in [0.15, 0.2) is 48.5 Å². The largest absolute Gasteiger partial charge is 0.356 e. The van der Waals surface area contributed by atoms with Gasteiger partial charge in [0, 0.05) is 18.9 Å². The van der Waals surface area contributed by atoms with Gasteiger partial charge in [-0.1, -0.05) is 42.5 Å². The summed E-state index contributed by atoms with van der Waals surface area (Å²) in [5.41, 5.74) is 0.856. The maximum Gasteiger partial charge on any atom is 0.356 e. The van der Waals surface area contributed by atoms with Gasteiger partial charge in [-0.25, -0.2) is 4.79 Å². The number of nitrogens with zero attached hydrogens (tertiary/aromatic N) is 1. The first-order valence-corrected chi connectivity index (χ1v) is 6.89. The molecule has 1 heterocycles. The van der Waals surface area contributed by atoms with Crippen LogP contribution in [0.25, 0.3) is 16.8 Å². The number of hydrogen-bond donors (Lipinski definition) is 0. The molecule has 2 amide bonds. The van der Waals surface area contributed by atoms with E-state index in [4.69, 9.17) is 4.84 Å². The zero-order valence-electron chi connectivity index (χ0n) is 11.7. The molecule has 5 nitrogen and oxygen atoms in total. The molecule has 0 aliphatic carbocycles. The molecule has 5 heteroatoms. The summed E-state index contributed by atoms with van der Waals surface area (Å²) in [6.07, 6.45) is 2.98. The quantitative estimate of drug-likeness (QED) is 0.644. The lowest BCUT2D eigenvalue weighted by Crippen LogP contribution is -2.31. The third-order valence-electron chi connectivity index (χ3n) is 3.41. The van der Waals surface area contributed by atoms with Crippen LogP contribution < -0.4 is 0 Å². The van der Waals surface area contributed by atoms with Gasteiger partial charge in [0.05, 0.1) is 0 Å². The predicted octanol–water partition coefficient (Wildman–Crippen LogP) is 2.46. The third kappa shape index (κ3) is 2.74. The van der Waals surface area contributed by atoms with Crippen LogP contribution in [0.2, 0.25) is 0 Å². The highest BCUT2D eigenvalue weighted by atomic mass is 16.7. The van der Waals surface area contributed by atoms with Crippen molar-refractivity contribution in [1.29, 1.82) is 0 Å². The molecule has 1 saturated heterocycles. The van der Waals surface area contributed by atoms with Gasteiger partial charge in [-0.15, -0.1) is 5.06 Å². The van der Waals surface area contributed by atoms with E-state index in [1.165, 1.54) is 6.08 Å². The highest BCUT2D eigenvalue weighted by Gasteiger charge is 2.32. The second kappa shape index (κ2) is 5.81. The maximum atomic E-state index is 11.7. The van der Waals surface area contributed by atoms with E-state index in [2.05, 4.69) is 0 Å². The van der Waals surface area contributed by atoms with Crippen molar-refractivity contribution in [3.05, 3.63) is 54.1 Å². The molecule has 0 radical (unpaired) electrons. The predicted molar refractivity (Wildman–Crippen MR) is 80.2 cm³/mol. The number of imide groups is 1. The maximum absolute atomic E-state index is 11.7. The van der Waals surface area contributed by atoms with Crippen LogP contribution in [0.5, 0.6) is 0 Å². The fourth-order valence-corrected chi connectivity index (χ4v) is 2.33. The van der Waals surface area contributed by atoms with E-state index < -0.39 is 17.8 Å². The first-order valence-electron chi connectivity index (χ1n) is 6.89. The Kier molecular flexibility index (Phi) is 3.70. The summed E-state index contributed by atoms with van der Waals surface area (Å²) < 4.78 is 0. The Morgan fingerprint density at radius 3 is 2.45 bits per heavy atom. The van der Waals surface area contributed by atoms with Crippen molar-refractivity contribution in [3.8, 4) is 0 Å². The van der Waals surface area contributed by atoms with Gasteiger partial charge >= 0.3 is 5.97 Å². The van der Waals surface area contributed by atoms with E-state index in [9.17, 15) is 14.4 Å². The van der Waals surface area contributed by atoms with E-state index in [-0.39, 0.29) is 12.8 Å². The van der Waals surface area contributed by atoms with E-state index >= 15 is 0 Å². The van der Waals surface area contributed by atoms with Gasteiger partial charge in [0.25, 0.3) is 11.8 Å². The second-order valence-corrected chi connectivity index (χ2v) is 4.89. The number of benzene rings is 2. The summed E-state index contributed by atoms with van der Waals surface area (Å²) in [7, 11) is 0. The Hall–Kier alpha value is -2.95. The van der Waals surface area contributed by atoms with Crippen LogP contribution in [-0.2, 0) is 19.2 Å². The van der Waals surface area contributed by atoms with Crippen LogP contribution >= 0.6 is 0 Å². The SMILES string of the molecule is O=C(/C=C/c1cccc2ccccc12)ON1C(=O)CCC1=O. The van der Waals surface area contributed by atoms with Crippen LogP contribution in [0.4, 0.5) is 0 Å². The fourth-order valence-electron chi connectivity index (χ4n) is 2.33. The number of amides is 2. The zero-order chi connectivity index (χ0) is 15.5. The van der Waals surface area contributed by atoms with Crippen molar-refractivity contribution in [1.82, 2.24) is 5.06 Å². The Bertz CT molecular complexity index is 773. The van der Waals surface area contributed by atoms with E-state index in [1.807, 2.05) is 42.5 Å². The van der Waals surface area contributed by atoms with Gasteiger partial charge in [0.2, 0.25) is 0 Å². The molecule has 0 spiro atoms. The Morgan fingerprint density at radius 2 is 1.68 bits per heavy atom. The fraction of sp³-hybridized carbons (Fsp3) is 0.118. The first-order chi connectivity index (χ1) is 10.6. The lowest BCUT2D eigenvalue weighted by Gasteiger charge is -2.10. The van der Waals surface area contributed by atoms with Gasteiger partial charge in [-0.05, 0) is 22.4 Å². The molecular formula is C17H13NO4. The standard InChI is InChI=1S/C17H13NO4/c19-15-9-10-16(20)18(15)22-17(21)11-8-13-6-3-5-12-4-1-2-7-14(12)13/h1-8,11H,9-10H2/b11-8+. The smallest absolute Gasteiger partial charge is 0.326 e. The highest BCUT2D eigenvalue weighted by Crippen LogP contribution is 2.19. The number of hydrogen-bond acceptors (Lipinski definition) is 4. The van der Waals surface area contributed by atoms with Crippen LogP contribution in [0.3, 0.4) is 0 Å². The second-order valence-electron chi connectivity index (χ2n) is 4.89. The zero-order valence-corrected chi connectivity index (χ0v) is 11.7. The van der Waals surface area contributed by atoms with Gasteiger partial charge < -0.3 is 4.84 Å². The minimum absolute atomic E-state index is 0.0825. The lowest BCUT2D eigenvalue weighted by atomic mass is 10.0. The van der Waals surface area contributed by atoms with E-state index in [0.29, 0.717) is 5.06 Å². The molecule has 1 fully saturated rings. The van der Waals surface area contributed by atoms with Crippen LogP contribution in [-0.4, -0.2) is 22.8 Å². The van der Waals surface area contributed by atoms with Crippen molar-refractivity contribution < 1.29 is 19.2 Å². The van der Waals surface area contributed by atoms with E-state index in [1.54, 1.807) is 6.08 Å². The summed E-state index contributed by atoms with van der Waals surface area (Å²) in [5, 5.41) is 2.60. The lowest BCUT2D eigenvalue weighted by molar-refractivity contribution is -0.193. The van der Waals surface area contributed by atoms with Gasteiger partial charge in [-0.2, -0.15) is 0 Å². The Morgan fingerprint density at radius 1 is 1.00 bits per heavy atom. The monoisotopic (exact) mass is 295 g/mol. The molecule has 1 aliphatic rings. The molecule has 0 N–H and O–H groups in total. The molecule has 0 aromatic heterocycles. The van der Waals surface area contributed by atoms with Crippen LogP contribution in [0, 0.1) is 0 Å². The summed E-state index contributed by atoms with van der Waals surface area (Å²) in [5.74, 6) is -1.73. The summed E-state index contributed by atoms with van der Waals surface area (Å²) in [6, 6.07) is 13.5. The summed E-state index contributed by atoms with van der Waals surface area (Å²) in [4.78, 5) is 39.3. The number of carbonyl (C=O) groups is 3. The van der Waals surface area contributed by atoms with Gasteiger partial charge in [-0.3, -0.25) is 9.59 Å². The number of hydroxylamine groups is 2. The molecule has 110 valence electrons. The number of fused-ring (bicyclic) bond motifs is 1. The molecule has 0 saturated carbocycles. The molecule has 1 aliphatic heterocycles. The average molecular weight is 295 g/mol. The molecular weight excluding hydrogens is 282 g/mol. The Balaban J connectivity index is 1.77. The number of carbonyl (C=O) groups excluding carboxylic acids is 3. The molecule has 0 unspecified atom stereocenters. The molecule has 22 heavy (non-hydrogen) atoms. The van der Waals surface area contributed by atoms with Crippen molar-refractivity contribution in [2.24, 2.45) is 0 Å². The van der Waals surface area contributed by atoms with Crippen LogP contribution in [0.1, 0.15) is 18.4 Å². The minimum atomic E-state index is -0.753. The minimum Gasteiger partial charge on any atom is -0.326 e. The molecule has 2 aromatic carbocycles. The highest BCUT2D eigenvalue weighted by molar-refractivity contribution is 6.02. The average Bonchev–Trinajstić information content (AvgIpc) is 2.85. The van der Waals surface area contributed by atoms with Crippen molar-refractivity contribution >= 4 is 34.6 Å². The Labute approximate surface area is 126 Å². The third-order valence-corrected chi connectivity index (χ3v) is 3.41. The topological polar surface area (TPSA) is 63.7 Å². The molecule has 0 atom stereocenters. The molecule has 3 rings (SSSR count). The van der Waals surface area contributed by atoms with Gasteiger partial charge in [0.15, 0.2) is 0 Å². The first kappa shape index (κ1) is 14.0. The number of rotatable bonds is 3. The van der Waals surface area contributed by atoms with Gasteiger partial charge in [0.1, 0.15) is 0 Å². The van der Waals surface area contributed by atoms with E-state index in [0.717, 1.165) is 16.3 Å². The molecule has 2 aromatic rings. The van der Waals surface area contributed by atoms with Crippen molar-refractivity contribution in [3.63, 3.8) is 0 Å².